The molecule has 3 rings (SSSR count). The molecule has 3 aromatic rings. The van der Waals surface area contributed by atoms with Gasteiger partial charge in [0.15, 0.2) is 0 Å². The van der Waals surface area contributed by atoms with Crippen molar-refractivity contribution in [3.8, 4) is 11.5 Å². The lowest BCUT2D eigenvalue weighted by atomic mass is 10.1. The quantitative estimate of drug-likeness (QED) is 0.509. The number of benzene rings is 2. The summed E-state index contributed by atoms with van der Waals surface area (Å²) in [6, 6.07) is 17.7. The molecule has 1 aromatic heterocycles. The maximum atomic E-state index is 12.8. The van der Waals surface area contributed by atoms with E-state index in [4.69, 9.17) is 9.47 Å². The number of amides is 1. The highest BCUT2D eigenvalue weighted by Gasteiger charge is 2.16. The molecule has 31 heavy (non-hydrogen) atoms. The molecule has 0 fully saturated rings. The number of rotatable bonds is 8. The number of ether oxygens (including phenoxy) is 2. The van der Waals surface area contributed by atoms with Gasteiger partial charge in [-0.15, -0.1) is 0 Å². The summed E-state index contributed by atoms with van der Waals surface area (Å²) in [5, 5.41) is 2.90. The molecule has 8 heteroatoms. The first-order valence-corrected chi connectivity index (χ1v) is 11.9. The van der Waals surface area contributed by atoms with Gasteiger partial charge in [-0.1, -0.05) is 30.3 Å². The predicted molar refractivity (Wildman–Crippen MR) is 121 cm³/mol. The minimum absolute atomic E-state index is 0.0716. The molecule has 0 aliphatic carbocycles. The Morgan fingerprint density at radius 2 is 1.81 bits per heavy atom. The van der Waals surface area contributed by atoms with Crippen molar-refractivity contribution < 1.29 is 23.7 Å². The van der Waals surface area contributed by atoms with Crippen molar-refractivity contribution in [1.82, 2.24) is 4.98 Å². The molecule has 0 spiro atoms. The van der Waals surface area contributed by atoms with Crippen LogP contribution in [0.25, 0.3) is 0 Å². The summed E-state index contributed by atoms with van der Waals surface area (Å²) >= 11 is 0. The zero-order valence-corrected chi connectivity index (χ0v) is 18.5. The number of carbonyl (C=O) groups excluding carboxylic acids is 1. The molecule has 1 unspecified atom stereocenters. The third kappa shape index (κ3) is 6.67. The molecular weight excluding hydrogens is 415 g/mol. The molecule has 162 valence electrons. The Balaban J connectivity index is 1.79. The van der Waals surface area contributed by atoms with Gasteiger partial charge in [-0.2, -0.15) is 0 Å². The molecule has 0 radical (unpaired) electrons. The summed E-state index contributed by atoms with van der Waals surface area (Å²) in [7, 11) is -3.40. The van der Waals surface area contributed by atoms with Gasteiger partial charge in [-0.05, 0) is 43.7 Å². The predicted octanol–water partition coefficient (Wildman–Crippen LogP) is 4.23. The van der Waals surface area contributed by atoms with Gasteiger partial charge < -0.3 is 19.7 Å². The topological polar surface area (TPSA) is 97.8 Å². The summed E-state index contributed by atoms with van der Waals surface area (Å²) in [4.78, 5) is 26.5. The SMILES string of the molecule is CC(C)Oc1cc(OCc2ccccc2)cc(C(=O)Nc2ccc(P(C)(=O)O)cn2)c1. The van der Waals surface area contributed by atoms with Gasteiger partial charge in [0.05, 0.1) is 11.4 Å². The van der Waals surface area contributed by atoms with Crippen LogP contribution in [0.5, 0.6) is 11.5 Å². The van der Waals surface area contributed by atoms with Crippen LogP contribution in [0.4, 0.5) is 5.82 Å². The maximum Gasteiger partial charge on any atom is 0.257 e. The fourth-order valence-corrected chi connectivity index (χ4v) is 3.38. The third-order valence-electron chi connectivity index (χ3n) is 4.23. The summed E-state index contributed by atoms with van der Waals surface area (Å²) in [6.45, 7) is 5.39. The van der Waals surface area contributed by atoms with Gasteiger partial charge >= 0.3 is 0 Å². The number of hydrogen-bond acceptors (Lipinski definition) is 5. The number of anilines is 1. The average Bonchev–Trinajstić information content (AvgIpc) is 2.72. The third-order valence-corrected chi connectivity index (χ3v) is 5.45. The van der Waals surface area contributed by atoms with Gasteiger partial charge in [-0.3, -0.25) is 9.36 Å². The largest absolute Gasteiger partial charge is 0.491 e. The number of aromatic nitrogens is 1. The van der Waals surface area contributed by atoms with Crippen LogP contribution in [0.3, 0.4) is 0 Å². The highest BCUT2D eigenvalue weighted by molar-refractivity contribution is 7.65. The second kappa shape index (κ2) is 9.77. The number of pyridine rings is 1. The summed E-state index contributed by atoms with van der Waals surface area (Å²) in [6.07, 6.45) is 1.21. The monoisotopic (exact) mass is 440 g/mol. The standard InChI is InChI=1S/C23H25N2O5P/c1-16(2)30-20-12-18(11-19(13-20)29-15-17-7-5-4-6-8-17)23(26)25-22-10-9-21(14-24-22)31(3,27)28/h4-14,16H,15H2,1-3H3,(H,27,28)(H,24,25,26). The second-order valence-electron chi connectivity index (χ2n) is 7.37. The number of nitrogens with one attached hydrogen (secondary N) is 1. The number of carbonyl (C=O) groups is 1. The Hall–Kier alpha value is -3.15. The molecule has 0 saturated heterocycles. The molecule has 0 aliphatic heterocycles. The van der Waals surface area contributed by atoms with Crippen LogP contribution >= 0.6 is 7.37 Å². The molecule has 0 bridgehead atoms. The van der Waals surface area contributed by atoms with Crippen LogP contribution in [-0.2, 0) is 11.2 Å². The van der Waals surface area contributed by atoms with Gasteiger partial charge in [0.25, 0.3) is 5.91 Å². The lowest BCUT2D eigenvalue weighted by Gasteiger charge is -2.14. The van der Waals surface area contributed by atoms with Crippen LogP contribution in [0.2, 0.25) is 0 Å². The Morgan fingerprint density at radius 1 is 1.10 bits per heavy atom. The fourth-order valence-electron chi connectivity index (χ4n) is 2.76. The first-order valence-electron chi connectivity index (χ1n) is 9.77. The molecule has 2 N–H and O–H groups in total. The van der Waals surface area contributed by atoms with Crippen LogP contribution in [-0.4, -0.2) is 28.6 Å². The lowest BCUT2D eigenvalue weighted by Crippen LogP contribution is -2.15. The first kappa shape index (κ1) is 22.5. The zero-order valence-electron chi connectivity index (χ0n) is 17.6. The van der Waals surface area contributed by atoms with Gasteiger partial charge in [0, 0.05) is 24.5 Å². The fraction of sp³-hybridized carbons (Fsp3) is 0.217. The van der Waals surface area contributed by atoms with E-state index in [1.165, 1.54) is 25.0 Å². The van der Waals surface area contributed by atoms with E-state index in [2.05, 4.69) is 10.3 Å². The van der Waals surface area contributed by atoms with Crippen molar-refractivity contribution in [3.63, 3.8) is 0 Å². The first-order chi connectivity index (χ1) is 14.7. The van der Waals surface area contributed by atoms with Crippen molar-refractivity contribution in [1.29, 1.82) is 0 Å². The van der Waals surface area contributed by atoms with Crippen molar-refractivity contribution in [3.05, 3.63) is 78.0 Å². The summed E-state index contributed by atoms with van der Waals surface area (Å²) < 4.78 is 23.3. The van der Waals surface area contributed by atoms with Crippen molar-refractivity contribution in [2.45, 2.75) is 26.6 Å². The van der Waals surface area contributed by atoms with Crippen molar-refractivity contribution >= 4 is 24.4 Å². The molecule has 1 amide bonds. The smallest absolute Gasteiger partial charge is 0.257 e. The van der Waals surface area contributed by atoms with E-state index in [1.807, 2.05) is 44.2 Å². The lowest BCUT2D eigenvalue weighted by molar-refractivity contribution is 0.102. The van der Waals surface area contributed by atoms with Crippen LogP contribution < -0.4 is 20.1 Å². The number of hydrogen-bond donors (Lipinski definition) is 2. The Labute approximate surface area is 181 Å². The molecule has 2 aromatic carbocycles. The van der Waals surface area contributed by atoms with E-state index in [-0.39, 0.29) is 17.2 Å². The van der Waals surface area contributed by atoms with E-state index in [1.54, 1.807) is 18.2 Å². The van der Waals surface area contributed by atoms with E-state index in [0.717, 1.165) is 5.56 Å². The minimum atomic E-state index is -3.40. The molecular formula is C23H25N2O5P. The zero-order chi connectivity index (χ0) is 22.4. The highest BCUT2D eigenvalue weighted by atomic mass is 31.2. The van der Waals surface area contributed by atoms with E-state index < -0.39 is 13.3 Å². The summed E-state index contributed by atoms with van der Waals surface area (Å²) in [5.41, 5.74) is 1.35. The maximum absolute atomic E-state index is 12.8. The van der Waals surface area contributed by atoms with Crippen LogP contribution in [0.1, 0.15) is 29.8 Å². The molecule has 7 nitrogen and oxygen atoms in total. The Kier molecular flexibility index (Phi) is 7.10. The van der Waals surface area contributed by atoms with Crippen LogP contribution in [0.15, 0.2) is 66.9 Å². The highest BCUT2D eigenvalue weighted by Crippen LogP contribution is 2.33. The normalized spacial score (nSPS) is 12.8. The summed E-state index contributed by atoms with van der Waals surface area (Å²) in [5.74, 6) is 0.885. The Morgan fingerprint density at radius 3 is 2.42 bits per heavy atom. The van der Waals surface area contributed by atoms with Gasteiger partial charge in [0.1, 0.15) is 23.9 Å². The molecule has 1 heterocycles. The molecule has 1 atom stereocenters. The van der Waals surface area contributed by atoms with Crippen molar-refractivity contribution in [2.75, 3.05) is 12.0 Å². The molecule has 0 aliphatic rings. The second-order valence-corrected chi connectivity index (χ2v) is 9.64. The van der Waals surface area contributed by atoms with Crippen molar-refractivity contribution in [2.24, 2.45) is 0 Å². The molecule has 0 saturated carbocycles. The van der Waals surface area contributed by atoms with Gasteiger partial charge in [0.2, 0.25) is 7.37 Å². The van der Waals surface area contributed by atoms with E-state index >= 15 is 0 Å². The Bertz CT molecular complexity index is 1080. The van der Waals surface area contributed by atoms with E-state index in [9.17, 15) is 14.3 Å². The minimum Gasteiger partial charge on any atom is -0.491 e. The average molecular weight is 440 g/mol. The van der Waals surface area contributed by atoms with E-state index in [0.29, 0.717) is 23.7 Å². The van der Waals surface area contributed by atoms with Crippen LogP contribution in [0, 0.1) is 0 Å². The number of nitrogens with zero attached hydrogens (tertiary/aromatic N) is 1. The van der Waals surface area contributed by atoms with Gasteiger partial charge in [-0.25, -0.2) is 4.98 Å².